The first kappa shape index (κ1) is 7.67. The van der Waals surface area contributed by atoms with Crippen molar-refractivity contribution in [2.45, 2.75) is 0 Å². The number of aldehydes is 1. The molecular formula is C9H7N3O. The van der Waals surface area contributed by atoms with E-state index in [4.69, 9.17) is 0 Å². The number of carbonyl (C=O) groups excluding carboxylic acids is 1. The second kappa shape index (κ2) is 3.18. The lowest BCUT2D eigenvalue weighted by Crippen LogP contribution is -1.87. The molecular weight excluding hydrogens is 166 g/mol. The van der Waals surface area contributed by atoms with E-state index in [2.05, 4.69) is 15.0 Å². The van der Waals surface area contributed by atoms with E-state index >= 15 is 0 Å². The van der Waals surface area contributed by atoms with E-state index in [0.717, 1.165) is 12.0 Å². The molecule has 13 heavy (non-hydrogen) atoms. The summed E-state index contributed by atoms with van der Waals surface area (Å²) in [7, 11) is 0. The molecule has 4 heteroatoms. The molecule has 0 radical (unpaired) electrons. The number of hydrogen-bond donors (Lipinski definition) is 1. The molecule has 0 aliphatic rings. The Hall–Kier alpha value is -1.97. The Bertz CT molecular complexity index is 391. The number of aromatic nitrogens is 3. The summed E-state index contributed by atoms with van der Waals surface area (Å²) < 4.78 is 0. The zero-order valence-electron chi connectivity index (χ0n) is 6.77. The van der Waals surface area contributed by atoms with Gasteiger partial charge in [-0.3, -0.25) is 9.78 Å². The fourth-order valence-corrected chi connectivity index (χ4v) is 1.02. The van der Waals surface area contributed by atoms with Crippen LogP contribution in [-0.4, -0.2) is 21.2 Å². The Labute approximate surface area is 74.7 Å². The zero-order chi connectivity index (χ0) is 9.10. The minimum absolute atomic E-state index is 0.565. The van der Waals surface area contributed by atoms with Crippen molar-refractivity contribution in [1.82, 2.24) is 15.0 Å². The molecule has 0 spiro atoms. The summed E-state index contributed by atoms with van der Waals surface area (Å²) in [5.41, 5.74) is 1.30. The quantitative estimate of drug-likeness (QED) is 0.696. The third-order valence-corrected chi connectivity index (χ3v) is 1.66. The number of imidazole rings is 1. The van der Waals surface area contributed by atoms with Crippen LogP contribution < -0.4 is 0 Å². The van der Waals surface area contributed by atoms with Crippen molar-refractivity contribution < 1.29 is 4.79 Å². The third kappa shape index (κ3) is 1.46. The number of hydrogen-bond acceptors (Lipinski definition) is 3. The molecule has 0 saturated carbocycles. The van der Waals surface area contributed by atoms with Gasteiger partial charge in [-0.15, -0.1) is 0 Å². The van der Waals surface area contributed by atoms with Crippen LogP contribution in [0.4, 0.5) is 0 Å². The highest BCUT2D eigenvalue weighted by atomic mass is 16.1. The molecule has 4 nitrogen and oxygen atoms in total. The van der Waals surface area contributed by atoms with Gasteiger partial charge in [-0.25, -0.2) is 4.98 Å². The first-order valence-corrected chi connectivity index (χ1v) is 3.81. The zero-order valence-corrected chi connectivity index (χ0v) is 6.77. The van der Waals surface area contributed by atoms with Crippen LogP contribution in [0.3, 0.4) is 0 Å². The molecule has 0 bridgehead atoms. The molecule has 2 aromatic rings. The van der Waals surface area contributed by atoms with Crippen molar-refractivity contribution in [2.24, 2.45) is 0 Å². The largest absolute Gasteiger partial charge is 0.343 e. The van der Waals surface area contributed by atoms with Crippen LogP contribution in [0.5, 0.6) is 0 Å². The van der Waals surface area contributed by atoms with Crippen LogP contribution in [0.25, 0.3) is 11.5 Å². The first-order chi connectivity index (χ1) is 6.40. The Kier molecular flexibility index (Phi) is 1.88. The molecule has 0 amide bonds. The van der Waals surface area contributed by atoms with Gasteiger partial charge in [0.2, 0.25) is 0 Å². The van der Waals surface area contributed by atoms with Crippen molar-refractivity contribution in [3.8, 4) is 11.5 Å². The predicted molar refractivity (Wildman–Crippen MR) is 47.2 cm³/mol. The van der Waals surface area contributed by atoms with Crippen LogP contribution >= 0.6 is 0 Å². The van der Waals surface area contributed by atoms with Crippen LogP contribution in [0.2, 0.25) is 0 Å². The molecule has 2 heterocycles. The normalized spacial score (nSPS) is 9.85. The van der Waals surface area contributed by atoms with Gasteiger partial charge in [0.1, 0.15) is 5.69 Å². The summed E-state index contributed by atoms with van der Waals surface area (Å²) in [5, 5.41) is 0. The van der Waals surface area contributed by atoms with Crippen molar-refractivity contribution >= 4 is 6.29 Å². The van der Waals surface area contributed by atoms with Gasteiger partial charge in [0.05, 0.1) is 0 Å². The highest BCUT2D eigenvalue weighted by Crippen LogP contribution is 2.10. The van der Waals surface area contributed by atoms with Gasteiger partial charge in [0.25, 0.3) is 0 Å². The Morgan fingerprint density at radius 3 is 2.77 bits per heavy atom. The summed E-state index contributed by atoms with van der Waals surface area (Å²) in [6.45, 7) is 0. The lowest BCUT2D eigenvalue weighted by atomic mass is 10.2. The van der Waals surface area contributed by atoms with Crippen molar-refractivity contribution in [3.63, 3.8) is 0 Å². The van der Waals surface area contributed by atoms with Crippen LogP contribution in [-0.2, 0) is 0 Å². The second-order valence-electron chi connectivity index (χ2n) is 2.53. The van der Waals surface area contributed by atoms with Gasteiger partial charge in [0.15, 0.2) is 12.1 Å². The molecule has 0 atom stereocenters. The van der Waals surface area contributed by atoms with Gasteiger partial charge in [0, 0.05) is 24.2 Å². The van der Waals surface area contributed by atoms with Crippen LogP contribution in [0, 0.1) is 0 Å². The number of nitrogens with one attached hydrogen (secondary N) is 1. The lowest BCUT2D eigenvalue weighted by Gasteiger charge is -1.94. The summed E-state index contributed by atoms with van der Waals surface area (Å²) in [6.07, 6.45) is 5.67. The number of carbonyl (C=O) groups is 1. The number of rotatable bonds is 2. The van der Waals surface area contributed by atoms with E-state index in [9.17, 15) is 4.79 Å². The molecule has 0 aliphatic carbocycles. The van der Waals surface area contributed by atoms with Crippen molar-refractivity contribution in [1.29, 1.82) is 0 Å². The average Bonchev–Trinajstić information content (AvgIpc) is 2.71. The fraction of sp³-hybridized carbons (Fsp3) is 0. The molecule has 0 fully saturated rings. The monoisotopic (exact) mass is 173 g/mol. The minimum Gasteiger partial charge on any atom is -0.343 e. The molecule has 0 unspecified atom stereocenters. The molecule has 0 aromatic carbocycles. The number of nitrogens with zero attached hydrogens (tertiary/aromatic N) is 2. The van der Waals surface area contributed by atoms with Gasteiger partial charge in [-0.2, -0.15) is 0 Å². The average molecular weight is 173 g/mol. The number of H-pyrrole nitrogens is 1. The minimum atomic E-state index is 0.565. The smallest absolute Gasteiger partial charge is 0.155 e. The maximum absolute atomic E-state index is 10.3. The Morgan fingerprint density at radius 2 is 2.23 bits per heavy atom. The van der Waals surface area contributed by atoms with E-state index in [1.807, 2.05) is 0 Å². The summed E-state index contributed by atoms with van der Waals surface area (Å²) >= 11 is 0. The van der Waals surface area contributed by atoms with Crippen molar-refractivity contribution in [2.75, 3.05) is 0 Å². The van der Waals surface area contributed by atoms with Gasteiger partial charge >= 0.3 is 0 Å². The number of aromatic amines is 1. The third-order valence-electron chi connectivity index (χ3n) is 1.66. The predicted octanol–water partition coefficient (Wildman–Crippen LogP) is 1.28. The van der Waals surface area contributed by atoms with Gasteiger partial charge in [-0.1, -0.05) is 0 Å². The van der Waals surface area contributed by atoms with Gasteiger partial charge in [-0.05, 0) is 12.1 Å². The maximum atomic E-state index is 10.3. The van der Waals surface area contributed by atoms with E-state index in [1.54, 1.807) is 24.5 Å². The van der Waals surface area contributed by atoms with E-state index in [1.165, 1.54) is 6.20 Å². The molecule has 2 aromatic heterocycles. The topological polar surface area (TPSA) is 58.6 Å². The SMILES string of the molecule is O=Cc1ccc(-c2ncc[nH]2)nc1. The Balaban J connectivity index is 2.38. The van der Waals surface area contributed by atoms with Crippen LogP contribution in [0.1, 0.15) is 10.4 Å². The number of pyridine rings is 1. The van der Waals surface area contributed by atoms with E-state index < -0.39 is 0 Å². The summed E-state index contributed by atoms with van der Waals surface area (Å²) in [5.74, 6) is 0.706. The lowest BCUT2D eigenvalue weighted by molar-refractivity contribution is 0.112. The fourth-order valence-electron chi connectivity index (χ4n) is 1.02. The van der Waals surface area contributed by atoms with Crippen LogP contribution in [0.15, 0.2) is 30.7 Å². The highest BCUT2D eigenvalue weighted by molar-refractivity contribution is 5.74. The molecule has 2 rings (SSSR count). The molecule has 64 valence electrons. The van der Waals surface area contributed by atoms with E-state index in [-0.39, 0.29) is 0 Å². The van der Waals surface area contributed by atoms with Gasteiger partial charge < -0.3 is 4.98 Å². The molecule has 1 N–H and O–H groups in total. The second-order valence-corrected chi connectivity index (χ2v) is 2.53. The standard InChI is InChI=1S/C9H7N3O/c13-6-7-1-2-8(12-5-7)9-10-3-4-11-9/h1-6H,(H,10,11). The Morgan fingerprint density at radius 1 is 1.31 bits per heavy atom. The van der Waals surface area contributed by atoms with Crippen molar-refractivity contribution in [3.05, 3.63) is 36.3 Å². The maximum Gasteiger partial charge on any atom is 0.155 e. The summed E-state index contributed by atoms with van der Waals surface area (Å²) in [6, 6.07) is 3.46. The molecule has 0 aliphatic heterocycles. The highest BCUT2D eigenvalue weighted by Gasteiger charge is 1.99. The summed E-state index contributed by atoms with van der Waals surface area (Å²) in [4.78, 5) is 21.4. The first-order valence-electron chi connectivity index (χ1n) is 3.81. The molecule has 0 saturated heterocycles. The van der Waals surface area contributed by atoms with E-state index in [0.29, 0.717) is 11.4 Å².